The van der Waals surface area contributed by atoms with Crippen molar-refractivity contribution in [1.82, 2.24) is 15.3 Å². The van der Waals surface area contributed by atoms with Crippen LogP contribution in [-0.2, 0) is 17.2 Å². The number of rotatable bonds is 4. The molecule has 2 N–H and O–H groups in total. The number of aliphatic hydroxyl groups is 1. The van der Waals surface area contributed by atoms with Crippen LogP contribution < -0.4 is 10.2 Å². The molecule has 8 heteroatoms. The number of aliphatic hydroxyl groups excluding tert-OH is 1. The zero-order chi connectivity index (χ0) is 17.5. The largest absolute Gasteiger partial charge is 0.394 e. The SMILES string of the molecule is CNC(=O)N(c1nc(C(C)C)nc2c1S(=O)CC2)C1(CO)CCC1. The van der Waals surface area contributed by atoms with Gasteiger partial charge in [0, 0.05) is 25.1 Å². The Morgan fingerprint density at radius 3 is 2.62 bits per heavy atom. The van der Waals surface area contributed by atoms with Crippen molar-refractivity contribution in [2.24, 2.45) is 0 Å². The second-order valence-electron chi connectivity index (χ2n) is 6.76. The van der Waals surface area contributed by atoms with Gasteiger partial charge in [-0.3, -0.25) is 9.11 Å². The summed E-state index contributed by atoms with van der Waals surface area (Å²) in [6.45, 7) is 3.85. The summed E-state index contributed by atoms with van der Waals surface area (Å²) in [4.78, 5) is 23.9. The smallest absolute Gasteiger partial charge is 0.323 e. The lowest BCUT2D eigenvalue weighted by Crippen LogP contribution is -2.61. The van der Waals surface area contributed by atoms with Gasteiger partial charge in [0.1, 0.15) is 10.7 Å². The van der Waals surface area contributed by atoms with E-state index in [1.54, 1.807) is 7.05 Å². The standard InChI is InChI=1S/C16H24N4O3S/c1-10(2)13-18-11-5-8-24(23)12(11)14(19-13)20(15(22)17-3)16(9-21)6-4-7-16/h10,21H,4-9H2,1-3H3,(H,17,22). The van der Waals surface area contributed by atoms with E-state index in [4.69, 9.17) is 0 Å². The first-order valence-electron chi connectivity index (χ1n) is 8.35. The van der Waals surface area contributed by atoms with E-state index in [2.05, 4.69) is 15.3 Å². The highest BCUT2D eigenvalue weighted by molar-refractivity contribution is 7.85. The fourth-order valence-corrected chi connectivity index (χ4v) is 4.63. The summed E-state index contributed by atoms with van der Waals surface area (Å²) in [5.74, 6) is 1.66. The van der Waals surface area contributed by atoms with Gasteiger partial charge in [-0.25, -0.2) is 14.8 Å². The van der Waals surface area contributed by atoms with E-state index in [1.807, 2.05) is 13.8 Å². The third-order valence-electron chi connectivity index (χ3n) is 4.89. The molecule has 0 saturated heterocycles. The van der Waals surface area contributed by atoms with Gasteiger partial charge >= 0.3 is 6.03 Å². The number of aromatic nitrogens is 2. The van der Waals surface area contributed by atoms with E-state index in [1.165, 1.54) is 4.90 Å². The van der Waals surface area contributed by atoms with E-state index in [0.29, 0.717) is 41.6 Å². The Labute approximate surface area is 144 Å². The van der Waals surface area contributed by atoms with Crippen LogP contribution in [0.2, 0.25) is 0 Å². The Hall–Kier alpha value is -1.54. The summed E-state index contributed by atoms with van der Waals surface area (Å²) in [5.41, 5.74) is 0.104. The van der Waals surface area contributed by atoms with Gasteiger partial charge in [-0.2, -0.15) is 0 Å². The topological polar surface area (TPSA) is 95.4 Å². The number of anilines is 1. The molecule has 7 nitrogen and oxygen atoms in total. The monoisotopic (exact) mass is 352 g/mol. The molecular formula is C16H24N4O3S. The number of aryl methyl sites for hydroxylation is 1. The Balaban J connectivity index is 2.20. The predicted molar refractivity (Wildman–Crippen MR) is 91.7 cm³/mol. The number of amides is 2. The van der Waals surface area contributed by atoms with Crippen molar-refractivity contribution in [1.29, 1.82) is 0 Å². The molecule has 1 aromatic rings. The molecule has 1 unspecified atom stereocenters. The van der Waals surface area contributed by atoms with Crippen molar-refractivity contribution >= 4 is 22.6 Å². The van der Waals surface area contributed by atoms with Crippen LogP contribution in [0.4, 0.5) is 10.6 Å². The maximum Gasteiger partial charge on any atom is 0.323 e. The zero-order valence-electron chi connectivity index (χ0n) is 14.3. The van der Waals surface area contributed by atoms with E-state index in [-0.39, 0.29) is 18.6 Å². The number of hydrogen-bond acceptors (Lipinski definition) is 5. The predicted octanol–water partition coefficient (Wildman–Crippen LogP) is 1.32. The van der Waals surface area contributed by atoms with Crippen molar-refractivity contribution < 1.29 is 14.1 Å². The molecule has 1 saturated carbocycles. The molecule has 0 spiro atoms. The molecule has 3 rings (SSSR count). The number of fused-ring (bicyclic) bond motifs is 1. The Kier molecular flexibility index (Phi) is 4.61. The van der Waals surface area contributed by atoms with Crippen LogP contribution in [0.25, 0.3) is 0 Å². The molecule has 0 bridgehead atoms. The molecular weight excluding hydrogens is 328 g/mol. The average Bonchev–Trinajstić information content (AvgIpc) is 2.91. The summed E-state index contributed by atoms with van der Waals surface area (Å²) in [7, 11) is 0.343. The minimum Gasteiger partial charge on any atom is -0.394 e. The van der Waals surface area contributed by atoms with Gasteiger partial charge in [-0.1, -0.05) is 13.8 Å². The summed E-state index contributed by atoms with van der Waals surface area (Å²) in [5, 5.41) is 12.6. The summed E-state index contributed by atoms with van der Waals surface area (Å²) >= 11 is 0. The van der Waals surface area contributed by atoms with Gasteiger partial charge in [0.2, 0.25) is 0 Å². The van der Waals surface area contributed by atoms with Gasteiger partial charge in [-0.05, 0) is 19.3 Å². The quantitative estimate of drug-likeness (QED) is 0.852. The van der Waals surface area contributed by atoms with E-state index in [9.17, 15) is 14.1 Å². The lowest BCUT2D eigenvalue weighted by Gasteiger charge is -2.48. The minimum atomic E-state index is -1.21. The number of urea groups is 1. The van der Waals surface area contributed by atoms with Crippen LogP contribution in [0, 0.1) is 0 Å². The van der Waals surface area contributed by atoms with Crippen LogP contribution in [0.15, 0.2) is 4.90 Å². The third-order valence-corrected chi connectivity index (χ3v) is 6.33. The Morgan fingerprint density at radius 1 is 1.42 bits per heavy atom. The molecule has 0 radical (unpaired) electrons. The first kappa shape index (κ1) is 17.3. The Bertz CT molecular complexity index is 683. The van der Waals surface area contributed by atoms with Crippen molar-refractivity contribution in [3.8, 4) is 0 Å². The molecule has 132 valence electrons. The molecule has 2 amide bonds. The number of nitrogens with one attached hydrogen (secondary N) is 1. The van der Waals surface area contributed by atoms with Gasteiger partial charge in [0.15, 0.2) is 5.82 Å². The number of hydrogen-bond donors (Lipinski definition) is 2. The van der Waals surface area contributed by atoms with Crippen molar-refractivity contribution in [3.05, 3.63) is 11.5 Å². The average molecular weight is 352 g/mol. The number of nitrogens with zero attached hydrogens (tertiary/aromatic N) is 3. The molecule has 1 aliphatic heterocycles. The fraction of sp³-hybridized carbons (Fsp3) is 0.688. The first-order valence-corrected chi connectivity index (χ1v) is 9.67. The van der Waals surface area contributed by atoms with Gasteiger partial charge in [0.25, 0.3) is 0 Å². The van der Waals surface area contributed by atoms with Crippen LogP contribution in [-0.4, -0.2) is 50.3 Å². The normalized spacial score (nSPS) is 21.3. The number of carbonyl (C=O) groups is 1. The molecule has 0 aromatic carbocycles. The maximum atomic E-state index is 12.6. The van der Waals surface area contributed by atoms with E-state index >= 15 is 0 Å². The van der Waals surface area contributed by atoms with Gasteiger partial charge < -0.3 is 10.4 Å². The summed E-state index contributed by atoms with van der Waals surface area (Å²) in [6.07, 6.45) is 2.99. The zero-order valence-corrected chi connectivity index (χ0v) is 15.2. The van der Waals surface area contributed by atoms with E-state index < -0.39 is 16.3 Å². The lowest BCUT2D eigenvalue weighted by atomic mass is 9.76. The highest BCUT2D eigenvalue weighted by Gasteiger charge is 2.48. The van der Waals surface area contributed by atoms with Crippen LogP contribution in [0.1, 0.15) is 50.5 Å². The Morgan fingerprint density at radius 2 is 2.12 bits per heavy atom. The lowest BCUT2D eigenvalue weighted by molar-refractivity contribution is 0.118. The fourth-order valence-electron chi connectivity index (χ4n) is 3.29. The number of carbonyl (C=O) groups excluding carboxylic acids is 1. The van der Waals surface area contributed by atoms with Crippen LogP contribution in [0.3, 0.4) is 0 Å². The second-order valence-corrected chi connectivity index (χ2v) is 8.27. The molecule has 1 fully saturated rings. The third kappa shape index (κ3) is 2.61. The van der Waals surface area contributed by atoms with Gasteiger partial charge in [0.05, 0.1) is 28.6 Å². The maximum absolute atomic E-state index is 12.6. The van der Waals surface area contributed by atoms with Gasteiger partial charge in [-0.15, -0.1) is 0 Å². The van der Waals surface area contributed by atoms with Crippen molar-refractivity contribution in [3.63, 3.8) is 0 Å². The molecule has 1 aromatic heterocycles. The molecule has 2 aliphatic rings. The molecule has 2 heterocycles. The molecule has 1 atom stereocenters. The molecule has 1 aliphatic carbocycles. The summed E-state index contributed by atoms with van der Waals surface area (Å²) in [6, 6.07) is -0.330. The minimum absolute atomic E-state index is 0.0982. The van der Waals surface area contributed by atoms with Crippen molar-refractivity contribution in [2.45, 2.75) is 55.9 Å². The molecule has 24 heavy (non-hydrogen) atoms. The summed E-state index contributed by atoms with van der Waals surface area (Å²) < 4.78 is 12.5. The van der Waals surface area contributed by atoms with Crippen LogP contribution in [0.5, 0.6) is 0 Å². The highest BCUT2D eigenvalue weighted by atomic mass is 32.2. The van der Waals surface area contributed by atoms with Crippen LogP contribution >= 0.6 is 0 Å². The highest BCUT2D eigenvalue weighted by Crippen LogP contribution is 2.43. The van der Waals surface area contributed by atoms with E-state index in [0.717, 1.165) is 12.1 Å². The second kappa shape index (κ2) is 6.40. The van der Waals surface area contributed by atoms with Crippen molar-refractivity contribution in [2.75, 3.05) is 24.3 Å². The first-order chi connectivity index (χ1) is 11.4.